The standard InChI is InChI=1S/C8H13NO4/c1-3-4-5-13-8(12)9-6(2)7(10)11/h2-5H2,1H3,(H,9,12)(H,10,11). The zero-order valence-electron chi connectivity index (χ0n) is 7.50. The Morgan fingerprint density at radius 2 is 2.15 bits per heavy atom. The Morgan fingerprint density at radius 3 is 2.62 bits per heavy atom. The van der Waals surface area contributed by atoms with Crippen molar-refractivity contribution >= 4 is 12.1 Å². The number of hydrogen-bond donors (Lipinski definition) is 2. The van der Waals surface area contributed by atoms with Gasteiger partial charge in [-0.1, -0.05) is 19.9 Å². The fourth-order valence-electron chi connectivity index (χ4n) is 0.522. The van der Waals surface area contributed by atoms with Gasteiger partial charge in [-0.05, 0) is 6.42 Å². The largest absolute Gasteiger partial charge is 0.477 e. The van der Waals surface area contributed by atoms with E-state index >= 15 is 0 Å². The topological polar surface area (TPSA) is 75.6 Å². The molecule has 0 fully saturated rings. The summed E-state index contributed by atoms with van der Waals surface area (Å²) in [5.74, 6) is -1.27. The van der Waals surface area contributed by atoms with Gasteiger partial charge in [0.1, 0.15) is 5.70 Å². The third-order valence-electron chi connectivity index (χ3n) is 1.24. The lowest BCUT2D eigenvalue weighted by molar-refractivity contribution is -0.133. The van der Waals surface area contributed by atoms with Crippen LogP contribution in [0.25, 0.3) is 0 Å². The van der Waals surface area contributed by atoms with Crippen LogP contribution in [0.15, 0.2) is 12.3 Å². The van der Waals surface area contributed by atoms with Crippen LogP contribution in [-0.4, -0.2) is 23.8 Å². The van der Waals surface area contributed by atoms with E-state index in [1.807, 2.05) is 12.2 Å². The van der Waals surface area contributed by atoms with Gasteiger partial charge in [0.2, 0.25) is 0 Å². The van der Waals surface area contributed by atoms with E-state index in [-0.39, 0.29) is 12.3 Å². The van der Waals surface area contributed by atoms with Gasteiger partial charge in [-0.25, -0.2) is 9.59 Å². The molecule has 0 aliphatic rings. The van der Waals surface area contributed by atoms with E-state index in [0.29, 0.717) is 0 Å². The zero-order valence-corrected chi connectivity index (χ0v) is 7.50. The van der Waals surface area contributed by atoms with E-state index in [1.54, 1.807) is 0 Å². The smallest absolute Gasteiger partial charge is 0.411 e. The number of carbonyl (C=O) groups excluding carboxylic acids is 1. The van der Waals surface area contributed by atoms with Crippen LogP contribution < -0.4 is 5.32 Å². The summed E-state index contributed by atoms with van der Waals surface area (Å²) >= 11 is 0. The van der Waals surface area contributed by atoms with Gasteiger partial charge in [-0.15, -0.1) is 0 Å². The summed E-state index contributed by atoms with van der Waals surface area (Å²) in [7, 11) is 0. The fraction of sp³-hybridized carbons (Fsp3) is 0.500. The molecular formula is C8H13NO4. The van der Waals surface area contributed by atoms with Crippen LogP contribution in [0.4, 0.5) is 4.79 Å². The number of amides is 1. The third-order valence-corrected chi connectivity index (χ3v) is 1.24. The van der Waals surface area contributed by atoms with Crippen LogP contribution in [0.3, 0.4) is 0 Å². The van der Waals surface area contributed by atoms with E-state index in [9.17, 15) is 9.59 Å². The molecule has 1 amide bonds. The van der Waals surface area contributed by atoms with Crippen molar-refractivity contribution in [1.29, 1.82) is 0 Å². The second-order valence-corrected chi connectivity index (χ2v) is 2.40. The van der Waals surface area contributed by atoms with E-state index in [4.69, 9.17) is 5.11 Å². The highest BCUT2D eigenvalue weighted by Gasteiger charge is 2.08. The lowest BCUT2D eigenvalue weighted by Gasteiger charge is -2.04. The number of unbranched alkanes of at least 4 members (excludes halogenated alkanes) is 1. The van der Waals surface area contributed by atoms with Crippen molar-refractivity contribution < 1.29 is 19.4 Å². The highest BCUT2D eigenvalue weighted by Crippen LogP contribution is 1.90. The summed E-state index contributed by atoms with van der Waals surface area (Å²) in [6, 6.07) is 0. The third kappa shape index (κ3) is 5.72. The van der Waals surface area contributed by atoms with Crippen LogP contribution in [0.2, 0.25) is 0 Å². The minimum absolute atomic E-state index is 0.287. The molecule has 0 unspecified atom stereocenters. The second-order valence-electron chi connectivity index (χ2n) is 2.40. The molecule has 0 aromatic carbocycles. The number of alkyl carbamates (subject to hydrolysis) is 1. The van der Waals surface area contributed by atoms with E-state index in [1.165, 1.54) is 0 Å². The van der Waals surface area contributed by atoms with Gasteiger partial charge < -0.3 is 9.84 Å². The molecule has 0 aliphatic heterocycles. The Bertz CT molecular complexity index is 212. The molecule has 0 heterocycles. The van der Waals surface area contributed by atoms with Crippen molar-refractivity contribution in [2.24, 2.45) is 0 Å². The van der Waals surface area contributed by atoms with E-state index in [2.05, 4.69) is 11.3 Å². The highest BCUT2D eigenvalue weighted by molar-refractivity contribution is 5.89. The Labute approximate surface area is 76.4 Å². The van der Waals surface area contributed by atoms with Gasteiger partial charge in [0, 0.05) is 0 Å². The molecule has 0 radical (unpaired) electrons. The maximum atomic E-state index is 10.8. The first kappa shape index (κ1) is 11.5. The summed E-state index contributed by atoms with van der Waals surface area (Å²) in [6.45, 7) is 5.35. The molecule has 0 atom stereocenters. The van der Waals surface area contributed by atoms with Gasteiger partial charge in [0.25, 0.3) is 0 Å². The molecule has 5 heteroatoms. The Balaban J connectivity index is 3.62. The van der Waals surface area contributed by atoms with E-state index < -0.39 is 12.1 Å². The first-order valence-corrected chi connectivity index (χ1v) is 3.94. The molecule has 0 spiro atoms. The molecule has 0 aliphatic carbocycles. The number of aliphatic carboxylic acids is 1. The lowest BCUT2D eigenvalue weighted by atomic mass is 10.4. The molecule has 13 heavy (non-hydrogen) atoms. The van der Waals surface area contributed by atoms with Crippen LogP contribution in [-0.2, 0) is 9.53 Å². The minimum Gasteiger partial charge on any atom is -0.477 e. The Morgan fingerprint density at radius 1 is 1.54 bits per heavy atom. The van der Waals surface area contributed by atoms with Crippen LogP contribution in [0.5, 0.6) is 0 Å². The van der Waals surface area contributed by atoms with Crippen LogP contribution >= 0.6 is 0 Å². The first-order chi connectivity index (χ1) is 6.07. The predicted molar refractivity (Wildman–Crippen MR) is 46.2 cm³/mol. The van der Waals surface area contributed by atoms with Gasteiger partial charge >= 0.3 is 12.1 Å². The number of hydrogen-bond acceptors (Lipinski definition) is 3. The zero-order chi connectivity index (χ0) is 10.3. The monoisotopic (exact) mass is 187 g/mol. The highest BCUT2D eigenvalue weighted by atomic mass is 16.5. The summed E-state index contributed by atoms with van der Waals surface area (Å²) < 4.78 is 4.63. The Hall–Kier alpha value is -1.52. The van der Waals surface area contributed by atoms with Crippen molar-refractivity contribution in [2.45, 2.75) is 19.8 Å². The molecule has 0 aromatic heterocycles. The average Bonchev–Trinajstić information content (AvgIpc) is 2.04. The van der Waals surface area contributed by atoms with Gasteiger partial charge in [0.05, 0.1) is 6.61 Å². The molecule has 0 saturated carbocycles. The molecule has 74 valence electrons. The summed E-state index contributed by atoms with van der Waals surface area (Å²) in [6.07, 6.45) is 0.890. The first-order valence-electron chi connectivity index (χ1n) is 3.94. The SMILES string of the molecule is C=C(NC(=O)OCCCC)C(=O)O. The number of carboxylic acid groups (broad SMARTS) is 1. The number of carbonyl (C=O) groups is 2. The average molecular weight is 187 g/mol. The van der Waals surface area contributed by atoms with Gasteiger partial charge in [0.15, 0.2) is 0 Å². The molecule has 0 rings (SSSR count). The maximum absolute atomic E-state index is 10.8. The second kappa shape index (κ2) is 6.05. The number of rotatable bonds is 5. The van der Waals surface area contributed by atoms with Crippen LogP contribution in [0, 0.1) is 0 Å². The van der Waals surface area contributed by atoms with E-state index in [0.717, 1.165) is 12.8 Å². The molecule has 5 nitrogen and oxygen atoms in total. The summed E-state index contributed by atoms with van der Waals surface area (Å²) in [4.78, 5) is 21.0. The molecule has 0 aromatic rings. The van der Waals surface area contributed by atoms with Crippen LogP contribution in [0.1, 0.15) is 19.8 Å². The fourth-order valence-corrected chi connectivity index (χ4v) is 0.522. The van der Waals surface area contributed by atoms with Gasteiger partial charge in [-0.3, -0.25) is 5.32 Å². The Kier molecular flexibility index (Phi) is 5.34. The van der Waals surface area contributed by atoms with Gasteiger partial charge in [-0.2, -0.15) is 0 Å². The van der Waals surface area contributed by atoms with Crippen molar-refractivity contribution in [2.75, 3.05) is 6.61 Å². The molecule has 2 N–H and O–H groups in total. The predicted octanol–water partition coefficient (Wildman–Crippen LogP) is 1.11. The van der Waals surface area contributed by atoms with Crippen molar-refractivity contribution in [3.05, 3.63) is 12.3 Å². The number of carboxylic acids is 1. The molecule has 0 bridgehead atoms. The van der Waals surface area contributed by atoms with Crippen molar-refractivity contribution in [1.82, 2.24) is 5.32 Å². The summed E-state index contributed by atoms with van der Waals surface area (Å²) in [5, 5.41) is 10.3. The molecule has 0 saturated heterocycles. The maximum Gasteiger partial charge on any atom is 0.411 e. The van der Waals surface area contributed by atoms with Crippen molar-refractivity contribution in [3.8, 4) is 0 Å². The van der Waals surface area contributed by atoms with Crippen molar-refractivity contribution in [3.63, 3.8) is 0 Å². The quantitative estimate of drug-likeness (QED) is 0.499. The molecular weight excluding hydrogens is 174 g/mol. The number of nitrogens with one attached hydrogen (secondary N) is 1. The minimum atomic E-state index is -1.27. The number of ether oxygens (including phenoxy) is 1. The normalized spacial score (nSPS) is 9.00. The lowest BCUT2D eigenvalue weighted by Crippen LogP contribution is -2.27. The summed E-state index contributed by atoms with van der Waals surface area (Å²) in [5.41, 5.74) is -0.388.